The van der Waals surface area contributed by atoms with Crippen LogP contribution in [0.3, 0.4) is 0 Å². The number of nitrogens with one attached hydrogen (secondary N) is 1. The van der Waals surface area contributed by atoms with Crippen molar-refractivity contribution in [1.82, 2.24) is 0 Å². The molecule has 1 fully saturated rings. The van der Waals surface area contributed by atoms with Gasteiger partial charge in [0.25, 0.3) is 0 Å². The zero-order valence-electron chi connectivity index (χ0n) is 14.7. The maximum absolute atomic E-state index is 13.2. The molecular weight excluding hydrogens is 371 g/mol. The quantitative estimate of drug-likeness (QED) is 0.724. The molecule has 0 saturated heterocycles. The molecule has 2 aromatic carbocycles. The van der Waals surface area contributed by atoms with Crippen molar-refractivity contribution < 1.29 is 9.59 Å². The lowest BCUT2D eigenvalue weighted by Gasteiger charge is -2.26. The first kappa shape index (κ1) is 18.7. The Hall–Kier alpha value is -2.04. The summed E-state index contributed by atoms with van der Waals surface area (Å²) in [7, 11) is 0. The lowest BCUT2D eigenvalue weighted by Crippen LogP contribution is -2.43. The number of anilines is 2. The molecule has 6 heteroatoms. The predicted octanol–water partition coefficient (Wildman–Crippen LogP) is 5.07. The van der Waals surface area contributed by atoms with Gasteiger partial charge in [0.05, 0.1) is 15.7 Å². The van der Waals surface area contributed by atoms with Crippen LogP contribution in [0, 0.1) is 12.3 Å². The highest BCUT2D eigenvalue weighted by molar-refractivity contribution is 6.44. The molecule has 2 aromatic rings. The number of carbonyl (C=O) groups excluding carboxylic acids is 2. The van der Waals surface area contributed by atoms with Crippen molar-refractivity contribution in [3.8, 4) is 0 Å². The van der Waals surface area contributed by atoms with Gasteiger partial charge in [-0.1, -0.05) is 41.4 Å². The van der Waals surface area contributed by atoms with Crippen LogP contribution in [-0.2, 0) is 9.59 Å². The second-order valence-corrected chi connectivity index (χ2v) is 7.31. The molecule has 0 spiro atoms. The minimum atomic E-state index is -1.04. The Kier molecular flexibility index (Phi) is 5.26. The number of hydrogen-bond donors (Lipinski definition) is 1. The first-order valence-corrected chi connectivity index (χ1v) is 9.29. The van der Waals surface area contributed by atoms with Crippen LogP contribution >= 0.6 is 23.2 Å². The smallest absolute Gasteiger partial charge is 0.242 e. The van der Waals surface area contributed by atoms with E-state index in [2.05, 4.69) is 5.32 Å². The number of aryl methyl sites for hydroxylation is 1. The zero-order valence-corrected chi connectivity index (χ0v) is 16.2. The van der Waals surface area contributed by atoms with Crippen LogP contribution in [0.25, 0.3) is 0 Å². The molecular formula is C20H20Cl2N2O2. The fourth-order valence-electron chi connectivity index (χ4n) is 3.00. The van der Waals surface area contributed by atoms with Crippen molar-refractivity contribution in [1.29, 1.82) is 0 Å². The van der Waals surface area contributed by atoms with Crippen LogP contribution in [0.15, 0.2) is 42.5 Å². The van der Waals surface area contributed by atoms with Crippen molar-refractivity contribution in [3.63, 3.8) is 0 Å². The summed E-state index contributed by atoms with van der Waals surface area (Å²) in [5.74, 6) is -0.515. The monoisotopic (exact) mass is 390 g/mol. The van der Waals surface area contributed by atoms with Gasteiger partial charge in [-0.25, -0.2) is 0 Å². The van der Waals surface area contributed by atoms with Crippen LogP contribution in [0.1, 0.15) is 25.3 Å². The molecule has 3 rings (SSSR count). The Morgan fingerprint density at radius 3 is 2.46 bits per heavy atom. The third-order valence-electron chi connectivity index (χ3n) is 4.67. The van der Waals surface area contributed by atoms with Gasteiger partial charge in [-0.05, 0) is 56.5 Å². The van der Waals surface area contributed by atoms with Crippen LogP contribution < -0.4 is 10.2 Å². The second-order valence-electron chi connectivity index (χ2n) is 6.53. The Balaban J connectivity index is 1.83. The summed E-state index contributed by atoms with van der Waals surface area (Å²) in [5.41, 5.74) is 1.25. The summed E-state index contributed by atoms with van der Waals surface area (Å²) >= 11 is 12.1. The maximum atomic E-state index is 13.2. The van der Waals surface area contributed by atoms with Gasteiger partial charge < -0.3 is 10.2 Å². The van der Waals surface area contributed by atoms with E-state index in [0.29, 0.717) is 30.1 Å². The lowest BCUT2D eigenvalue weighted by atomic mass is 10.0. The Morgan fingerprint density at radius 2 is 1.85 bits per heavy atom. The third-order valence-corrected chi connectivity index (χ3v) is 5.49. The van der Waals surface area contributed by atoms with Crippen molar-refractivity contribution in [3.05, 3.63) is 58.1 Å². The van der Waals surface area contributed by atoms with Gasteiger partial charge in [-0.2, -0.15) is 0 Å². The SMILES string of the molecule is CCN(C(=O)C1(C(=O)Nc2cccc(Cl)c2Cl)CC1)c1cccc(C)c1. The van der Waals surface area contributed by atoms with E-state index in [-0.39, 0.29) is 16.8 Å². The number of amides is 2. The highest BCUT2D eigenvalue weighted by atomic mass is 35.5. The summed E-state index contributed by atoms with van der Waals surface area (Å²) in [5, 5.41) is 3.41. The van der Waals surface area contributed by atoms with E-state index in [1.54, 1.807) is 23.1 Å². The van der Waals surface area contributed by atoms with Gasteiger partial charge in [0.15, 0.2) is 0 Å². The molecule has 0 aliphatic heterocycles. The van der Waals surface area contributed by atoms with E-state index in [9.17, 15) is 9.59 Å². The van der Waals surface area contributed by atoms with E-state index < -0.39 is 5.41 Å². The predicted molar refractivity (Wildman–Crippen MR) is 106 cm³/mol. The molecule has 1 N–H and O–H groups in total. The van der Waals surface area contributed by atoms with E-state index in [0.717, 1.165) is 11.3 Å². The lowest BCUT2D eigenvalue weighted by molar-refractivity contribution is -0.132. The van der Waals surface area contributed by atoms with Crippen LogP contribution in [0.4, 0.5) is 11.4 Å². The fourth-order valence-corrected chi connectivity index (χ4v) is 3.35. The molecule has 0 aromatic heterocycles. The average molecular weight is 391 g/mol. The van der Waals surface area contributed by atoms with Gasteiger partial charge in [-0.15, -0.1) is 0 Å². The summed E-state index contributed by atoms with van der Waals surface area (Å²) in [6.07, 6.45) is 1.05. The van der Waals surface area contributed by atoms with Gasteiger partial charge in [0.2, 0.25) is 11.8 Å². The molecule has 2 amide bonds. The Bertz CT molecular complexity index is 863. The highest BCUT2D eigenvalue weighted by Crippen LogP contribution is 2.49. The van der Waals surface area contributed by atoms with Gasteiger partial charge >= 0.3 is 0 Å². The number of benzene rings is 2. The molecule has 1 aliphatic rings. The maximum Gasteiger partial charge on any atom is 0.242 e. The van der Waals surface area contributed by atoms with Crippen molar-refractivity contribution >= 4 is 46.4 Å². The van der Waals surface area contributed by atoms with Gasteiger partial charge in [0, 0.05) is 12.2 Å². The molecule has 0 atom stereocenters. The van der Waals surface area contributed by atoms with Crippen molar-refractivity contribution in [2.75, 3.05) is 16.8 Å². The van der Waals surface area contributed by atoms with E-state index in [1.807, 2.05) is 38.1 Å². The summed E-state index contributed by atoms with van der Waals surface area (Å²) in [6, 6.07) is 12.7. The molecule has 136 valence electrons. The topological polar surface area (TPSA) is 49.4 Å². The summed E-state index contributed by atoms with van der Waals surface area (Å²) < 4.78 is 0. The molecule has 0 bridgehead atoms. The molecule has 1 saturated carbocycles. The van der Waals surface area contributed by atoms with Crippen LogP contribution in [-0.4, -0.2) is 18.4 Å². The van der Waals surface area contributed by atoms with E-state index >= 15 is 0 Å². The molecule has 26 heavy (non-hydrogen) atoms. The van der Waals surface area contributed by atoms with Gasteiger partial charge in [0.1, 0.15) is 5.41 Å². The van der Waals surface area contributed by atoms with E-state index in [4.69, 9.17) is 23.2 Å². The zero-order chi connectivity index (χ0) is 18.9. The Labute approximate surface area is 163 Å². The normalized spacial score (nSPS) is 14.6. The second kappa shape index (κ2) is 7.29. The van der Waals surface area contributed by atoms with Gasteiger partial charge in [-0.3, -0.25) is 9.59 Å². The number of halogens is 2. The number of rotatable bonds is 5. The molecule has 0 heterocycles. The van der Waals surface area contributed by atoms with Crippen LogP contribution in [0.2, 0.25) is 10.0 Å². The molecule has 1 aliphatic carbocycles. The molecule has 0 unspecified atom stereocenters. The first-order valence-electron chi connectivity index (χ1n) is 8.53. The number of carbonyl (C=O) groups is 2. The number of nitrogens with zero attached hydrogens (tertiary/aromatic N) is 1. The van der Waals surface area contributed by atoms with Crippen molar-refractivity contribution in [2.45, 2.75) is 26.7 Å². The first-order chi connectivity index (χ1) is 12.4. The van der Waals surface area contributed by atoms with E-state index in [1.165, 1.54) is 0 Å². The minimum Gasteiger partial charge on any atom is -0.324 e. The third kappa shape index (κ3) is 3.44. The largest absolute Gasteiger partial charge is 0.324 e. The minimum absolute atomic E-state index is 0.179. The Morgan fingerprint density at radius 1 is 1.15 bits per heavy atom. The average Bonchev–Trinajstić information content (AvgIpc) is 3.41. The number of hydrogen-bond acceptors (Lipinski definition) is 2. The molecule has 4 nitrogen and oxygen atoms in total. The fraction of sp³-hybridized carbons (Fsp3) is 0.300. The highest BCUT2D eigenvalue weighted by Gasteiger charge is 2.58. The summed E-state index contributed by atoms with van der Waals surface area (Å²) in [4.78, 5) is 27.7. The summed E-state index contributed by atoms with van der Waals surface area (Å²) in [6.45, 7) is 4.37. The standard InChI is InChI=1S/C20H20Cl2N2O2/c1-3-24(14-7-4-6-13(2)12-14)19(26)20(10-11-20)18(25)23-16-9-5-8-15(21)17(16)22/h4-9,12H,3,10-11H2,1-2H3,(H,23,25). The van der Waals surface area contributed by atoms with Crippen molar-refractivity contribution in [2.24, 2.45) is 5.41 Å². The molecule has 0 radical (unpaired) electrons. The van der Waals surface area contributed by atoms with Crippen LogP contribution in [0.5, 0.6) is 0 Å².